The molecule has 0 spiro atoms. The maximum absolute atomic E-state index is 13.9. The molecule has 3 aliphatic rings. The summed E-state index contributed by atoms with van der Waals surface area (Å²) in [6, 6.07) is 11.5. The number of aliphatic imine (C=N–C) groups is 1. The van der Waals surface area contributed by atoms with Crippen LogP contribution in [-0.4, -0.2) is 61.2 Å². The molecule has 3 aromatic rings. The van der Waals surface area contributed by atoms with Gasteiger partial charge in [0.05, 0.1) is 5.56 Å². The number of H-pyrrole nitrogens is 1. The van der Waals surface area contributed by atoms with E-state index in [2.05, 4.69) is 64.8 Å². The molecule has 0 atom stereocenters. The maximum atomic E-state index is 13.9. The van der Waals surface area contributed by atoms with Crippen LogP contribution in [0.5, 0.6) is 0 Å². The van der Waals surface area contributed by atoms with Crippen LogP contribution >= 0.6 is 0 Å². The van der Waals surface area contributed by atoms with Crippen molar-refractivity contribution in [3.05, 3.63) is 63.8 Å². The lowest BCUT2D eigenvalue weighted by Crippen LogP contribution is -2.50. The van der Waals surface area contributed by atoms with Gasteiger partial charge in [-0.15, -0.1) is 0 Å². The average molecular weight is 469 g/mol. The molecule has 5 heteroatoms. The number of anilines is 1. The average Bonchev–Trinajstić information content (AvgIpc) is 3.22. The number of carbonyl (C=O) groups excluding carboxylic acids is 1. The first-order valence-corrected chi connectivity index (χ1v) is 13.2. The molecule has 2 aliphatic heterocycles. The van der Waals surface area contributed by atoms with Gasteiger partial charge in [-0.2, -0.15) is 0 Å². The summed E-state index contributed by atoms with van der Waals surface area (Å²) < 4.78 is 0. The predicted molar refractivity (Wildman–Crippen MR) is 145 cm³/mol. The number of nitrogens with one attached hydrogen (secondary N) is 1. The van der Waals surface area contributed by atoms with E-state index < -0.39 is 0 Å². The van der Waals surface area contributed by atoms with Crippen molar-refractivity contribution in [1.29, 1.82) is 0 Å². The zero-order chi connectivity index (χ0) is 24.3. The summed E-state index contributed by atoms with van der Waals surface area (Å²) in [5.41, 5.74) is 8.27. The summed E-state index contributed by atoms with van der Waals surface area (Å²) in [6.45, 7) is 11.5. The van der Waals surface area contributed by atoms with Crippen molar-refractivity contribution >= 4 is 28.6 Å². The summed E-state index contributed by atoms with van der Waals surface area (Å²) in [4.78, 5) is 26.9. The number of rotatable bonds is 4. The van der Waals surface area contributed by atoms with E-state index in [1.165, 1.54) is 43.6 Å². The molecule has 182 valence electrons. The van der Waals surface area contributed by atoms with Gasteiger partial charge in [0.25, 0.3) is 0 Å². The van der Waals surface area contributed by atoms with E-state index in [-0.39, 0.29) is 11.2 Å². The van der Waals surface area contributed by atoms with Gasteiger partial charge in [-0.1, -0.05) is 32.9 Å². The Morgan fingerprint density at radius 2 is 1.89 bits per heavy atom. The molecule has 2 fully saturated rings. The number of fused-ring (bicyclic) bond motifs is 4. The minimum Gasteiger partial charge on any atom is -0.371 e. The topological polar surface area (TPSA) is 51.7 Å². The van der Waals surface area contributed by atoms with Crippen LogP contribution in [0.4, 0.5) is 5.69 Å². The summed E-state index contributed by atoms with van der Waals surface area (Å²) in [6.07, 6.45) is 6.61. The summed E-state index contributed by atoms with van der Waals surface area (Å²) in [7, 11) is 1.78. The molecule has 0 bridgehead atoms. The van der Waals surface area contributed by atoms with E-state index >= 15 is 0 Å². The van der Waals surface area contributed by atoms with Crippen LogP contribution in [0.1, 0.15) is 78.3 Å². The van der Waals surface area contributed by atoms with Gasteiger partial charge in [0, 0.05) is 65.7 Å². The lowest BCUT2D eigenvalue weighted by molar-refractivity contribution is 0.100. The second-order valence-electron chi connectivity index (χ2n) is 11.0. The fraction of sp³-hybridized carbons (Fsp3) is 0.467. The number of benzene rings is 2. The number of aromatic amines is 1. The van der Waals surface area contributed by atoms with E-state index in [0.29, 0.717) is 0 Å². The Kier molecular flexibility index (Phi) is 5.37. The molecule has 2 aromatic carbocycles. The van der Waals surface area contributed by atoms with Crippen LogP contribution in [0, 0.1) is 0 Å². The lowest BCUT2D eigenvalue weighted by Gasteiger charge is -2.44. The second kappa shape index (κ2) is 8.34. The Balaban J connectivity index is 1.41. The molecule has 1 aliphatic carbocycles. The van der Waals surface area contributed by atoms with Crippen LogP contribution in [0.2, 0.25) is 0 Å². The van der Waals surface area contributed by atoms with Crippen molar-refractivity contribution in [2.75, 3.05) is 38.1 Å². The minimum absolute atomic E-state index is 0.148. The zero-order valence-corrected chi connectivity index (χ0v) is 21.4. The predicted octanol–water partition coefficient (Wildman–Crippen LogP) is 5.32. The molecular formula is C30H36N4O. The minimum atomic E-state index is -0.284. The summed E-state index contributed by atoms with van der Waals surface area (Å²) in [5.74, 6) is 0.148. The monoisotopic (exact) mass is 468 g/mol. The smallest absolute Gasteiger partial charge is 0.195 e. The first kappa shape index (κ1) is 22.5. The van der Waals surface area contributed by atoms with Crippen molar-refractivity contribution in [3.8, 4) is 0 Å². The Morgan fingerprint density at radius 3 is 2.54 bits per heavy atom. The Morgan fingerprint density at radius 1 is 1.11 bits per heavy atom. The van der Waals surface area contributed by atoms with Crippen LogP contribution < -0.4 is 4.90 Å². The number of aromatic nitrogens is 1. The highest BCUT2D eigenvalue weighted by Crippen LogP contribution is 2.46. The number of hydrogen-bond acceptors (Lipinski definition) is 4. The highest BCUT2D eigenvalue weighted by Gasteiger charge is 2.40. The summed E-state index contributed by atoms with van der Waals surface area (Å²) in [5, 5.41) is 1.01. The third-order valence-corrected chi connectivity index (χ3v) is 8.68. The van der Waals surface area contributed by atoms with E-state index in [9.17, 15) is 4.79 Å². The Hall–Kier alpha value is -2.92. The normalized spacial score (nSPS) is 20.3. The van der Waals surface area contributed by atoms with Gasteiger partial charge in [0.2, 0.25) is 0 Å². The third kappa shape index (κ3) is 3.47. The van der Waals surface area contributed by atoms with Gasteiger partial charge in [-0.05, 0) is 73.7 Å². The molecule has 1 aromatic heterocycles. The molecule has 5 nitrogen and oxygen atoms in total. The van der Waals surface area contributed by atoms with Gasteiger partial charge in [-0.25, -0.2) is 0 Å². The number of aryl methyl sites for hydroxylation is 1. The SMILES string of the molecule is CCc1cc2c(cc1N1CCC(N3CCC3)CC1)C(C)(C)c1[nH]c3cc(C=NC)ccc3c1C2=O. The third-order valence-electron chi connectivity index (χ3n) is 8.68. The standard InChI is InChI=1S/C30H36N4O/c1-5-20-16-23-24(17-26(20)34-13-9-21(10-14-34)33-11-6-12-33)30(2,3)29-27(28(23)35)22-8-7-19(18-31-4)15-25(22)32-29/h7-8,15-18,21,32H,5-6,9-14H2,1-4H3. The van der Waals surface area contributed by atoms with E-state index in [1.54, 1.807) is 7.05 Å². The highest BCUT2D eigenvalue weighted by atomic mass is 16.1. The second-order valence-corrected chi connectivity index (χ2v) is 11.0. The van der Waals surface area contributed by atoms with Crippen molar-refractivity contribution in [3.63, 3.8) is 0 Å². The molecule has 3 heterocycles. The maximum Gasteiger partial charge on any atom is 0.195 e. The van der Waals surface area contributed by atoms with Crippen molar-refractivity contribution in [2.24, 2.45) is 4.99 Å². The first-order chi connectivity index (χ1) is 16.9. The fourth-order valence-electron chi connectivity index (χ4n) is 6.51. The van der Waals surface area contributed by atoms with Crippen molar-refractivity contribution in [2.45, 2.75) is 57.9 Å². The van der Waals surface area contributed by atoms with Gasteiger partial charge >= 0.3 is 0 Å². The lowest BCUT2D eigenvalue weighted by atomic mass is 9.70. The molecule has 0 amide bonds. The number of piperidine rings is 1. The van der Waals surface area contributed by atoms with Crippen LogP contribution in [0.3, 0.4) is 0 Å². The van der Waals surface area contributed by atoms with Gasteiger partial charge in [0.15, 0.2) is 5.78 Å². The first-order valence-electron chi connectivity index (χ1n) is 13.2. The van der Waals surface area contributed by atoms with E-state index in [0.717, 1.165) is 64.4 Å². The Labute approximate surface area is 208 Å². The summed E-state index contributed by atoms with van der Waals surface area (Å²) >= 11 is 0. The molecule has 0 saturated carbocycles. The highest BCUT2D eigenvalue weighted by molar-refractivity contribution is 6.20. The number of carbonyl (C=O) groups is 1. The number of hydrogen-bond donors (Lipinski definition) is 1. The van der Waals surface area contributed by atoms with Gasteiger partial charge in [0.1, 0.15) is 0 Å². The molecule has 1 N–H and O–H groups in total. The van der Waals surface area contributed by atoms with Crippen molar-refractivity contribution in [1.82, 2.24) is 9.88 Å². The molecule has 35 heavy (non-hydrogen) atoms. The Bertz CT molecular complexity index is 1340. The molecule has 2 saturated heterocycles. The van der Waals surface area contributed by atoms with Gasteiger partial charge in [-0.3, -0.25) is 9.79 Å². The number of ketones is 1. The molecule has 0 radical (unpaired) electrons. The van der Waals surface area contributed by atoms with Crippen LogP contribution in [0.15, 0.2) is 35.3 Å². The quantitative estimate of drug-likeness (QED) is 0.527. The number of nitrogens with zero attached hydrogens (tertiary/aromatic N) is 3. The van der Waals surface area contributed by atoms with E-state index in [1.807, 2.05) is 12.3 Å². The van der Waals surface area contributed by atoms with E-state index in [4.69, 9.17) is 0 Å². The van der Waals surface area contributed by atoms with Crippen molar-refractivity contribution < 1.29 is 4.79 Å². The fourth-order valence-corrected chi connectivity index (χ4v) is 6.51. The van der Waals surface area contributed by atoms with Crippen LogP contribution in [0.25, 0.3) is 10.9 Å². The van der Waals surface area contributed by atoms with Crippen LogP contribution in [-0.2, 0) is 11.8 Å². The molecule has 0 unspecified atom stereocenters. The van der Waals surface area contributed by atoms with Gasteiger partial charge < -0.3 is 14.8 Å². The largest absolute Gasteiger partial charge is 0.371 e. The molecule has 6 rings (SSSR count). The molecular weight excluding hydrogens is 432 g/mol. The number of likely N-dealkylation sites (tertiary alicyclic amines) is 1. The zero-order valence-electron chi connectivity index (χ0n) is 21.4.